The standard InChI is InChI=1S/C18H26N2O/c1-3-18(4-2)9-11-20(12-10-18)14-17(21)16-7-5-15(13-19)6-8-16/h5-8,17,21H,3-4,9-12,14H2,1-2H3. The topological polar surface area (TPSA) is 47.3 Å². The molecule has 1 N–H and O–H groups in total. The summed E-state index contributed by atoms with van der Waals surface area (Å²) in [5.74, 6) is 0. The third-order valence-corrected chi connectivity index (χ3v) is 5.27. The monoisotopic (exact) mass is 286 g/mol. The Hall–Kier alpha value is -1.37. The molecule has 0 radical (unpaired) electrons. The zero-order chi connectivity index (χ0) is 15.3. The number of aliphatic hydroxyl groups excluding tert-OH is 1. The van der Waals surface area contributed by atoms with Crippen LogP contribution in [0.1, 0.15) is 56.8 Å². The summed E-state index contributed by atoms with van der Waals surface area (Å²) in [5.41, 5.74) is 2.06. The first-order valence-corrected chi connectivity index (χ1v) is 8.03. The highest BCUT2D eigenvalue weighted by atomic mass is 16.3. The van der Waals surface area contributed by atoms with Crippen LogP contribution in [0.5, 0.6) is 0 Å². The molecule has 0 spiro atoms. The van der Waals surface area contributed by atoms with Crippen molar-refractivity contribution in [3.05, 3.63) is 35.4 Å². The van der Waals surface area contributed by atoms with Gasteiger partial charge in [0, 0.05) is 6.54 Å². The molecular weight excluding hydrogens is 260 g/mol. The number of β-amino-alcohol motifs (C(OH)–C–C–N with tert-alkyl or cyclic N) is 1. The lowest BCUT2D eigenvalue weighted by Crippen LogP contribution is -2.41. The molecule has 1 atom stereocenters. The van der Waals surface area contributed by atoms with Gasteiger partial charge in [0.25, 0.3) is 0 Å². The van der Waals surface area contributed by atoms with Crippen LogP contribution < -0.4 is 0 Å². The molecule has 1 unspecified atom stereocenters. The number of nitriles is 1. The van der Waals surface area contributed by atoms with Crippen molar-refractivity contribution in [2.75, 3.05) is 19.6 Å². The molecule has 21 heavy (non-hydrogen) atoms. The third kappa shape index (κ3) is 3.84. The van der Waals surface area contributed by atoms with Crippen LogP contribution in [0.3, 0.4) is 0 Å². The summed E-state index contributed by atoms with van der Waals surface area (Å²) in [6, 6.07) is 9.36. The van der Waals surface area contributed by atoms with Crippen molar-refractivity contribution in [1.29, 1.82) is 5.26 Å². The van der Waals surface area contributed by atoms with E-state index >= 15 is 0 Å². The van der Waals surface area contributed by atoms with E-state index in [4.69, 9.17) is 5.26 Å². The lowest BCUT2D eigenvalue weighted by molar-refractivity contribution is 0.0532. The minimum absolute atomic E-state index is 0.464. The average Bonchev–Trinajstić information content (AvgIpc) is 2.56. The second kappa shape index (κ2) is 7.06. The molecule has 0 aromatic heterocycles. The summed E-state index contributed by atoms with van der Waals surface area (Å²) in [7, 11) is 0. The fourth-order valence-corrected chi connectivity index (χ4v) is 3.30. The number of rotatable bonds is 5. The van der Waals surface area contributed by atoms with Crippen LogP contribution in [-0.2, 0) is 0 Å². The molecule has 2 rings (SSSR count). The molecule has 1 saturated heterocycles. The molecule has 0 amide bonds. The molecule has 114 valence electrons. The second-order valence-corrected chi connectivity index (χ2v) is 6.26. The number of hydrogen-bond donors (Lipinski definition) is 1. The van der Waals surface area contributed by atoms with Gasteiger partial charge in [-0.25, -0.2) is 0 Å². The Morgan fingerprint density at radius 3 is 2.24 bits per heavy atom. The highest BCUT2D eigenvalue weighted by Gasteiger charge is 2.31. The van der Waals surface area contributed by atoms with Crippen LogP contribution in [0.25, 0.3) is 0 Å². The van der Waals surface area contributed by atoms with E-state index in [1.54, 1.807) is 12.1 Å². The van der Waals surface area contributed by atoms with Crippen molar-refractivity contribution in [3.63, 3.8) is 0 Å². The molecule has 1 aliphatic heterocycles. The Kier molecular flexibility index (Phi) is 5.39. The summed E-state index contributed by atoms with van der Waals surface area (Å²) in [6.07, 6.45) is 4.53. The van der Waals surface area contributed by atoms with Crippen molar-refractivity contribution >= 4 is 0 Å². The van der Waals surface area contributed by atoms with Gasteiger partial charge < -0.3 is 10.0 Å². The molecule has 1 fully saturated rings. The van der Waals surface area contributed by atoms with Crippen LogP contribution in [0.2, 0.25) is 0 Å². The van der Waals surface area contributed by atoms with Crippen molar-refractivity contribution in [1.82, 2.24) is 4.90 Å². The Bertz CT molecular complexity index is 475. The Morgan fingerprint density at radius 2 is 1.76 bits per heavy atom. The molecule has 0 aliphatic carbocycles. The van der Waals surface area contributed by atoms with Gasteiger partial charge in [-0.15, -0.1) is 0 Å². The number of likely N-dealkylation sites (tertiary alicyclic amines) is 1. The lowest BCUT2D eigenvalue weighted by Gasteiger charge is -2.41. The van der Waals surface area contributed by atoms with Gasteiger partial charge in [0.15, 0.2) is 0 Å². The number of piperidine rings is 1. The van der Waals surface area contributed by atoms with E-state index in [-0.39, 0.29) is 0 Å². The summed E-state index contributed by atoms with van der Waals surface area (Å²) in [4.78, 5) is 2.37. The average molecular weight is 286 g/mol. The van der Waals surface area contributed by atoms with Crippen molar-refractivity contribution in [2.45, 2.75) is 45.6 Å². The van der Waals surface area contributed by atoms with Gasteiger partial charge in [-0.3, -0.25) is 0 Å². The molecular formula is C18H26N2O. The predicted octanol–water partition coefficient (Wildman–Crippen LogP) is 3.49. The van der Waals surface area contributed by atoms with E-state index in [1.165, 1.54) is 25.7 Å². The Morgan fingerprint density at radius 1 is 1.19 bits per heavy atom. The maximum Gasteiger partial charge on any atom is 0.0991 e. The summed E-state index contributed by atoms with van der Waals surface area (Å²) in [5, 5.41) is 19.2. The fraction of sp³-hybridized carbons (Fsp3) is 0.611. The molecule has 1 heterocycles. The molecule has 1 aromatic carbocycles. The van der Waals surface area contributed by atoms with E-state index in [2.05, 4.69) is 24.8 Å². The summed E-state index contributed by atoms with van der Waals surface area (Å²) in [6.45, 7) is 7.44. The predicted molar refractivity (Wildman–Crippen MR) is 84.8 cm³/mol. The highest BCUT2D eigenvalue weighted by molar-refractivity contribution is 5.32. The third-order valence-electron chi connectivity index (χ3n) is 5.27. The summed E-state index contributed by atoms with van der Waals surface area (Å²) >= 11 is 0. The van der Waals surface area contributed by atoms with Crippen molar-refractivity contribution < 1.29 is 5.11 Å². The van der Waals surface area contributed by atoms with E-state index in [0.29, 0.717) is 17.5 Å². The zero-order valence-electron chi connectivity index (χ0n) is 13.2. The van der Waals surface area contributed by atoms with Crippen LogP contribution >= 0.6 is 0 Å². The van der Waals surface area contributed by atoms with E-state index in [0.717, 1.165) is 18.7 Å². The number of benzene rings is 1. The van der Waals surface area contributed by atoms with Gasteiger partial charge in [0.2, 0.25) is 0 Å². The van der Waals surface area contributed by atoms with Crippen LogP contribution in [0.4, 0.5) is 0 Å². The van der Waals surface area contributed by atoms with Gasteiger partial charge in [0.05, 0.1) is 17.7 Å². The molecule has 1 aromatic rings. The van der Waals surface area contributed by atoms with Gasteiger partial charge in [-0.05, 0) is 49.0 Å². The van der Waals surface area contributed by atoms with E-state index < -0.39 is 6.10 Å². The van der Waals surface area contributed by atoms with Gasteiger partial charge >= 0.3 is 0 Å². The maximum absolute atomic E-state index is 10.4. The fourth-order valence-electron chi connectivity index (χ4n) is 3.30. The van der Waals surface area contributed by atoms with E-state index in [9.17, 15) is 5.11 Å². The van der Waals surface area contributed by atoms with Gasteiger partial charge in [-0.1, -0.05) is 38.8 Å². The quantitative estimate of drug-likeness (QED) is 0.901. The largest absolute Gasteiger partial charge is 0.387 e. The van der Waals surface area contributed by atoms with Crippen LogP contribution in [0.15, 0.2) is 24.3 Å². The number of hydrogen-bond acceptors (Lipinski definition) is 3. The number of aliphatic hydroxyl groups is 1. The minimum atomic E-state index is -0.464. The summed E-state index contributed by atoms with van der Waals surface area (Å²) < 4.78 is 0. The minimum Gasteiger partial charge on any atom is -0.387 e. The SMILES string of the molecule is CCC1(CC)CCN(CC(O)c2ccc(C#N)cc2)CC1. The molecule has 3 nitrogen and oxygen atoms in total. The Balaban J connectivity index is 1.89. The van der Waals surface area contributed by atoms with Crippen molar-refractivity contribution in [3.8, 4) is 6.07 Å². The van der Waals surface area contributed by atoms with Crippen molar-refractivity contribution in [2.24, 2.45) is 5.41 Å². The van der Waals surface area contributed by atoms with Crippen LogP contribution in [-0.4, -0.2) is 29.6 Å². The first-order chi connectivity index (χ1) is 10.1. The molecule has 3 heteroatoms. The van der Waals surface area contributed by atoms with Gasteiger partial charge in [0.1, 0.15) is 0 Å². The zero-order valence-corrected chi connectivity index (χ0v) is 13.2. The number of nitrogens with zero attached hydrogens (tertiary/aromatic N) is 2. The molecule has 0 bridgehead atoms. The maximum atomic E-state index is 10.4. The molecule has 0 saturated carbocycles. The van der Waals surface area contributed by atoms with Crippen LogP contribution in [0, 0.1) is 16.7 Å². The van der Waals surface area contributed by atoms with Gasteiger partial charge in [-0.2, -0.15) is 5.26 Å². The lowest BCUT2D eigenvalue weighted by atomic mass is 9.74. The Labute approximate surface area is 128 Å². The first kappa shape index (κ1) is 16.0. The highest BCUT2D eigenvalue weighted by Crippen LogP contribution is 2.38. The first-order valence-electron chi connectivity index (χ1n) is 8.03. The molecule has 1 aliphatic rings. The normalized spacial score (nSPS) is 19.9. The smallest absolute Gasteiger partial charge is 0.0991 e. The van der Waals surface area contributed by atoms with E-state index in [1.807, 2.05) is 12.1 Å². The second-order valence-electron chi connectivity index (χ2n) is 6.26.